The molecular weight excluding hydrogens is 240 g/mol. The number of anilines is 1. The number of para-hydroxylation sites is 2. The quantitative estimate of drug-likeness (QED) is 0.672. The van der Waals surface area contributed by atoms with Gasteiger partial charge in [-0.25, -0.2) is 0 Å². The number of hydrogen-bond donors (Lipinski definition) is 1. The Morgan fingerprint density at radius 2 is 1.89 bits per heavy atom. The lowest BCUT2D eigenvalue weighted by Gasteiger charge is -2.30. The largest absolute Gasteiger partial charge is 0.379 e. The summed E-state index contributed by atoms with van der Waals surface area (Å²) in [5.41, 5.74) is 3.47. The molecule has 0 saturated heterocycles. The summed E-state index contributed by atoms with van der Waals surface area (Å²) in [5.74, 6) is 0.455. The van der Waals surface area contributed by atoms with Crippen molar-refractivity contribution < 1.29 is 4.92 Å². The lowest BCUT2D eigenvalue weighted by molar-refractivity contribution is -0.384. The maximum Gasteiger partial charge on any atom is 0.292 e. The number of nitro groups is 1. The summed E-state index contributed by atoms with van der Waals surface area (Å²) >= 11 is 0. The van der Waals surface area contributed by atoms with Crippen LogP contribution in [0.4, 0.5) is 11.4 Å². The number of hydrogen-bond acceptors (Lipinski definition) is 3. The summed E-state index contributed by atoms with van der Waals surface area (Å²) in [5, 5.41) is 14.1. The number of nitro benzene ring substituents is 1. The second kappa shape index (κ2) is 4.72. The molecule has 3 rings (SSSR count). The molecule has 0 saturated carbocycles. The minimum absolute atomic E-state index is 0.134. The minimum atomic E-state index is -0.350. The monoisotopic (exact) mass is 254 g/mol. The smallest absolute Gasteiger partial charge is 0.292 e. The highest BCUT2D eigenvalue weighted by Gasteiger charge is 2.25. The Labute approximate surface area is 111 Å². The van der Waals surface area contributed by atoms with Crippen molar-refractivity contribution in [3.8, 4) is 0 Å². The van der Waals surface area contributed by atoms with Crippen molar-refractivity contribution in [2.24, 2.45) is 0 Å². The molecule has 4 nitrogen and oxygen atoms in total. The Hall–Kier alpha value is -2.36. The number of nitrogens with zero attached hydrogens (tertiary/aromatic N) is 1. The first-order valence-corrected chi connectivity index (χ1v) is 6.31. The molecule has 0 amide bonds. The van der Waals surface area contributed by atoms with Gasteiger partial charge in [0.15, 0.2) is 0 Å². The van der Waals surface area contributed by atoms with Gasteiger partial charge < -0.3 is 5.32 Å². The van der Waals surface area contributed by atoms with E-state index < -0.39 is 0 Å². The highest BCUT2D eigenvalue weighted by molar-refractivity contribution is 5.61. The first-order valence-electron chi connectivity index (χ1n) is 6.31. The zero-order valence-electron chi connectivity index (χ0n) is 10.4. The SMILES string of the molecule is O=[N+]([O-])c1ccccc1NCC1Cc2ccccc21. The molecule has 0 fully saturated rings. The third-order valence-electron chi connectivity index (χ3n) is 3.60. The van der Waals surface area contributed by atoms with Crippen molar-refractivity contribution in [3.63, 3.8) is 0 Å². The molecule has 1 aliphatic carbocycles. The van der Waals surface area contributed by atoms with Gasteiger partial charge in [0.1, 0.15) is 5.69 Å². The third-order valence-corrected chi connectivity index (χ3v) is 3.60. The van der Waals surface area contributed by atoms with Gasteiger partial charge in [-0.3, -0.25) is 10.1 Å². The van der Waals surface area contributed by atoms with Crippen LogP contribution in [-0.4, -0.2) is 11.5 Å². The zero-order valence-corrected chi connectivity index (χ0v) is 10.4. The van der Waals surface area contributed by atoms with Crippen LogP contribution in [0, 0.1) is 10.1 Å². The third kappa shape index (κ3) is 2.17. The fraction of sp³-hybridized carbons (Fsp3) is 0.200. The molecule has 1 unspecified atom stereocenters. The lowest BCUT2D eigenvalue weighted by atomic mass is 9.77. The fourth-order valence-electron chi connectivity index (χ4n) is 2.56. The van der Waals surface area contributed by atoms with Crippen molar-refractivity contribution in [1.29, 1.82) is 0 Å². The molecule has 0 spiro atoms. The number of rotatable bonds is 4. The summed E-state index contributed by atoms with van der Waals surface area (Å²) in [4.78, 5) is 10.6. The minimum Gasteiger partial charge on any atom is -0.379 e. The molecule has 96 valence electrons. The van der Waals surface area contributed by atoms with Gasteiger partial charge in [0, 0.05) is 18.5 Å². The molecule has 0 radical (unpaired) electrons. The van der Waals surface area contributed by atoms with Gasteiger partial charge in [-0.1, -0.05) is 36.4 Å². The van der Waals surface area contributed by atoms with E-state index in [9.17, 15) is 10.1 Å². The average molecular weight is 254 g/mol. The first kappa shape index (κ1) is 11.7. The molecule has 1 N–H and O–H groups in total. The van der Waals surface area contributed by atoms with E-state index in [0.29, 0.717) is 11.6 Å². The van der Waals surface area contributed by atoms with Gasteiger partial charge in [-0.05, 0) is 23.6 Å². The van der Waals surface area contributed by atoms with Crippen LogP contribution in [-0.2, 0) is 6.42 Å². The lowest BCUT2D eigenvalue weighted by Crippen LogP contribution is -2.24. The van der Waals surface area contributed by atoms with Crippen molar-refractivity contribution in [3.05, 3.63) is 69.8 Å². The van der Waals surface area contributed by atoms with Crippen LogP contribution in [0.3, 0.4) is 0 Å². The van der Waals surface area contributed by atoms with E-state index in [0.717, 1.165) is 13.0 Å². The van der Waals surface area contributed by atoms with Crippen molar-refractivity contribution in [2.75, 3.05) is 11.9 Å². The molecule has 2 aromatic carbocycles. The average Bonchev–Trinajstić information content (AvgIpc) is 2.40. The van der Waals surface area contributed by atoms with Gasteiger partial charge in [0.25, 0.3) is 5.69 Å². The first-order chi connectivity index (χ1) is 9.25. The molecule has 19 heavy (non-hydrogen) atoms. The summed E-state index contributed by atoms with van der Waals surface area (Å²) in [7, 11) is 0. The molecule has 4 heteroatoms. The number of nitrogens with one attached hydrogen (secondary N) is 1. The van der Waals surface area contributed by atoms with Crippen LogP contribution >= 0.6 is 0 Å². The Bertz CT molecular complexity index is 625. The van der Waals surface area contributed by atoms with E-state index in [4.69, 9.17) is 0 Å². The van der Waals surface area contributed by atoms with Crippen molar-refractivity contribution in [1.82, 2.24) is 0 Å². The van der Waals surface area contributed by atoms with Crippen LogP contribution in [0.5, 0.6) is 0 Å². The summed E-state index contributed by atoms with van der Waals surface area (Å²) in [6.07, 6.45) is 1.05. The van der Waals surface area contributed by atoms with Gasteiger partial charge in [-0.15, -0.1) is 0 Å². The predicted molar refractivity (Wildman–Crippen MR) is 74.5 cm³/mol. The summed E-state index contributed by atoms with van der Waals surface area (Å²) in [6, 6.07) is 15.1. The van der Waals surface area contributed by atoms with E-state index >= 15 is 0 Å². The molecule has 1 aliphatic rings. The van der Waals surface area contributed by atoms with Crippen LogP contribution in [0.25, 0.3) is 0 Å². The summed E-state index contributed by atoms with van der Waals surface area (Å²) in [6.45, 7) is 0.738. The molecule has 1 atom stereocenters. The second-order valence-corrected chi connectivity index (χ2v) is 4.76. The zero-order chi connectivity index (χ0) is 13.2. The van der Waals surface area contributed by atoms with E-state index in [1.165, 1.54) is 17.2 Å². The molecule has 0 aliphatic heterocycles. The topological polar surface area (TPSA) is 55.2 Å². The van der Waals surface area contributed by atoms with E-state index in [-0.39, 0.29) is 10.6 Å². The van der Waals surface area contributed by atoms with Gasteiger partial charge in [0.05, 0.1) is 4.92 Å². The maximum absolute atomic E-state index is 10.9. The Balaban J connectivity index is 1.70. The molecular formula is C15H14N2O2. The maximum atomic E-state index is 10.9. The van der Waals surface area contributed by atoms with E-state index in [2.05, 4.69) is 17.4 Å². The van der Waals surface area contributed by atoms with Crippen molar-refractivity contribution >= 4 is 11.4 Å². The molecule has 0 bridgehead atoms. The fourth-order valence-corrected chi connectivity index (χ4v) is 2.56. The normalized spacial score (nSPS) is 16.3. The number of fused-ring (bicyclic) bond motifs is 1. The van der Waals surface area contributed by atoms with Crippen LogP contribution < -0.4 is 5.32 Å². The second-order valence-electron chi connectivity index (χ2n) is 4.76. The number of benzene rings is 2. The predicted octanol–water partition coefficient (Wildman–Crippen LogP) is 3.35. The van der Waals surface area contributed by atoms with Gasteiger partial charge in [-0.2, -0.15) is 0 Å². The Morgan fingerprint density at radius 1 is 1.16 bits per heavy atom. The van der Waals surface area contributed by atoms with Gasteiger partial charge >= 0.3 is 0 Å². The Kier molecular flexibility index (Phi) is 2.91. The Morgan fingerprint density at radius 3 is 2.68 bits per heavy atom. The van der Waals surface area contributed by atoms with Crippen LogP contribution in [0.1, 0.15) is 17.0 Å². The molecule has 0 aromatic heterocycles. The van der Waals surface area contributed by atoms with E-state index in [1.54, 1.807) is 12.1 Å². The standard InChI is InChI=1S/C15H14N2O2/c18-17(19)15-8-4-3-7-14(15)16-10-12-9-11-5-1-2-6-13(11)12/h1-8,12,16H,9-10H2. The highest BCUT2D eigenvalue weighted by atomic mass is 16.6. The van der Waals surface area contributed by atoms with Crippen molar-refractivity contribution in [2.45, 2.75) is 12.3 Å². The molecule has 0 heterocycles. The van der Waals surface area contributed by atoms with Crippen LogP contribution in [0.2, 0.25) is 0 Å². The van der Waals surface area contributed by atoms with Gasteiger partial charge in [0.2, 0.25) is 0 Å². The molecule has 2 aromatic rings. The van der Waals surface area contributed by atoms with E-state index in [1.807, 2.05) is 18.2 Å². The highest BCUT2D eigenvalue weighted by Crippen LogP contribution is 2.35. The van der Waals surface area contributed by atoms with Crippen LogP contribution in [0.15, 0.2) is 48.5 Å². The summed E-state index contributed by atoms with van der Waals surface area (Å²) < 4.78 is 0.